The van der Waals surface area contributed by atoms with Gasteiger partial charge in [0.05, 0.1) is 17.6 Å². The first-order valence-corrected chi connectivity index (χ1v) is 8.36. The van der Waals surface area contributed by atoms with Crippen LogP contribution in [0.5, 0.6) is 0 Å². The number of pyridine rings is 1. The molecule has 0 bridgehead atoms. The molecule has 1 aliphatic rings. The van der Waals surface area contributed by atoms with Gasteiger partial charge in [-0.3, -0.25) is 9.71 Å². The van der Waals surface area contributed by atoms with E-state index in [9.17, 15) is 8.42 Å². The fourth-order valence-corrected chi connectivity index (χ4v) is 3.48. The molecule has 2 heterocycles. The van der Waals surface area contributed by atoms with Crippen molar-refractivity contribution in [2.45, 2.75) is 38.6 Å². The summed E-state index contributed by atoms with van der Waals surface area (Å²) < 4.78 is 26.6. The van der Waals surface area contributed by atoms with Crippen LogP contribution in [0, 0.1) is 6.92 Å². The van der Waals surface area contributed by atoms with Crippen molar-refractivity contribution in [1.29, 1.82) is 0 Å². The number of aryl methyl sites for hydroxylation is 1. The van der Waals surface area contributed by atoms with Crippen LogP contribution in [0.15, 0.2) is 18.5 Å². The maximum Gasteiger partial charge on any atom is 0.232 e. The molecule has 106 valence electrons. The summed E-state index contributed by atoms with van der Waals surface area (Å²) in [6, 6.07) is 2.12. The van der Waals surface area contributed by atoms with Gasteiger partial charge in [-0.1, -0.05) is 6.42 Å². The molecular formula is C13H21N3O2S. The van der Waals surface area contributed by atoms with Crippen LogP contribution in [0.1, 0.15) is 31.2 Å². The first-order chi connectivity index (χ1) is 9.05. The number of rotatable bonds is 5. The minimum Gasteiger partial charge on any atom is -0.314 e. The number of nitrogens with one attached hydrogen (secondary N) is 2. The molecule has 1 atom stereocenters. The van der Waals surface area contributed by atoms with Crippen molar-refractivity contribution in [3.05, 3.63) is 24.0 Å². The SMILES string of the molecule is Cc1cncc(NS(=O)(=O)CCC2CCCCN2)c1. The molecular weight excluding hydrogens is 262 g/mol. The highest BCUT2D eigenvalue weighted by molar-refractivity contribution is 7.92. The smallest absolute Gasteiger partial charge is 0.232 e. The van der Waals surface area contributed by atoms with Gasteiger partial charge < -0.3 is 5.32 Å². The Balaban J connectivity index is 1.87. The Morgan fingerprint density at radius 1 is 1.42 bits per heavy atom. The van der Waals surface area contributed by atoms with Crippen LogP contribution in [0.3, 0.4) is 0 Å². The van der Waals surface area contributed by atoms with Crippen molar-refractivity contribution in [3.8, 4) is 0 Å². The molecule has 6 heteroatoms. The minimum absolute atomic E-state index is 0.151. The fraction of sp³-hybridized carbons (Fsp3) is 0.615. The van der Waals surface area contributed by atoms with E-state index in [2.05, 4.69) is 15.0 Å². The van der Waals surface area contributed by atoms with E-state index in [0.717, 1.165) is 18.5 Å². The molecule has 1 fully saturated rings. The lowest BCUT2D eigenvalue weighted by Crippen LogP contribution is -2.36. The molecule has 0 radical (unpaired) electrons. The Morgan fingerprint density at radius 2 is 2.26 bits per heavy atom. The van der Waals surface area contributed by atoms with E-state index < -0.39 is 10.0 Å². The Morgan fingerprint density at radius 3 is 2.95 bits per heavy atom. The van der Waals surface area contributed by atoms with Crippen molar-refractivity contribution in [2.24, 2.45) is 0 Å². The highest BCUT2D eigenvalue weighted by Crippen LogP contribution is 2.13. The number of hydrogen-bond donors (Lipinski definition) is 2. The van der Waals surface area contributed by atoms with Crippen LogP contribution in [0.2, 0.25) is 0 Å². The zero-order valence-corrected chi connectivity index (χ0v) is 12.0. The topological polar surface area (TPSA) is 71.1 Å². The van der Waals surface area contributed by atoms with Crippen molar-refractivity contribution in [2.75, 3.05) is 17.0 Å². The molecule has 1 aromatic rings. The van der Waals surface area contributed by atoms with Gasteiger partial charge in [0.1, 0.15) is 0 Å². The van der Waals surface area contributed by atoms with Gasteiger partial charge >= 0.3 is 0 Å². The maximum atomic E-state index is 12.0. The number of sulfonamides is 1. The second kappa shape index (κ2) is 6.34. The molecule has 0 saturated carbocycles. The molecule has 1 aromatic heterocycles. The summed E-state index contributed by atoms with van der Waals surface area (Å²) in [5.41, 5.74) is 1.48. The van der Waals surface area contributed by atoms with E-state index in [0.29, 0.717) is 18.2 Å². The van der Waals surface area contributed by atoms with Gasteiger partial charge in [-0.2, -0.15) is 0 Å². The minimum atomic E-state index is -3.28. The summed E-state index contributed by atoms with van der Waals surface area (Å²) in [6.45, 7) is 2.89. The third-order valence-corrected chi connectivity index (χ3v) is 4.62. The zero-order valence-electron chi connectivity index (χ0n) is 11.2. The highest BCUT2D eigenvalue weighted by atomic mass is 32.2. The third kappa shape index (κ3) is 4.80. The van der Waals surface area contributed by atoms with E-state index in [1.54, 1.807) is 12.3 Å². The molecule has 1 saturated heterocycles. The highest BCUT2D eigenvalue weighted by Gasteiger charge is 2.17. The molecule has 0 amide bonds. The summed E-state index contributed by atoms with van der Waals surface area (Å²) in [5.74, 6) is 0.151. The van der Waals surface area contributed by atoms with Gasteiger partial charge in [-0.05, 0) is 44.4 Å². The number of hydrogen-bond acceptors (Lipinski definition) is 4. The molecule has 5 nitrogen and oxygen atoms in total. The first-order valence-electron chi connectivity index (χ1n) is 6.71. The van der Waals surface area contributed by atoms with Crippen LogP contribution in [0.25, 0.3) is 0 Å². The lowest BCUT2D eigenvalue weighted by Gasteiger charge is -2.23. The van der Waals surface area contributed by atoms with Crippen molar-refractivity contribution < 1.29 is 8.42 Å². The average Bonchev–Trinajstić information content (AvgIpc) is 2.37. The molecule has 0 spiro atoms. The molecule has 1 unspecified atom stereocenters. The first kappa shape index (κ1) is 14.3. The van der Waals surface area contributed by atoms with Crippen LogP contribution < -0.4 is 10.0 Å². The molecule has 1 aliphatic heterocycles. The molecule has 0 aromatic carbocycles. The predicted molar refractivity (Wildman–Crippen MR) is 76.6 cm³/mol. The van der Waals surface area contributed by atoms with E-state index >= 15 is 0 Å². The monoisotopic (exact) mass is 283 g/mol. The summed E-state index contributed by atoms with van der Waals surface area (Å²) >= 11 is 0. The van der Waals surface area contributed by atoms with E-state index in [1.807, 2.05) is 6.92 Å². The third-order valence-electron chi connectivity index (χ3n) is 3.30. The molecule has 19 heavy (non-hydrogen) atoms. The fourth-order valence-electron chi connectivity index (χ4n) is 2.31. The predicted octanol–water partition coefficient (Wildman–Crippen LogP) is 1.66. The Labute approximate surface area is 114 Å². The lowest BCUT2D eigenvalue weighted by molar-refractivity contribution is 0.393. The van der Waals surface area contributed by atoms with Gasteiger partial charge in [0.2, 0.25) is 10.0 Å². The summed E-state index contributed by atoms with van der Waals surface area (Å²) in [7, 11) is -3.28. The second-order valence-electron chi connectivity index (χ2n) is 5.11. The van der Waals surface area contributed by atoms with Gasteiger partial charge in [0, 0.05) is 12.2 Å². The van der Waals surface area contributed by atoms with Crippen molar-refractivity contribution in [1.82, 2.24) is 10.3 Å². The van der Waals surface area contributed by atoms with Gasteiger partial charge in [0.15, 0.2) is 0 Å². The maximum absolute atomic E-state index is 12.0. The zero-order chi connectivity index (χ0) is 13.7. The normalized spacial score (nSPS) is 20.2. The summed E-state index contributed by atoms with van der Waals surface area (Å²) in [6.07, 6.45) is 7.34. The lowest BCUT2D eigenvalue weighted by atomic mass is 10.0. The largest absolute Gasteiger partial charge is 0.314 e. The molecule has 2 rings (SSSR count). The second-order valence-corrected chi connectivity index (χ2v) is 6.95. The summed E-state index contributed by atoms with van der Waals surface area (Å²) in [5, 5.41) is 3.36. The Bertz CT molecular complexity index is 510. The standard InChI is InChI=1S/C13H21N3O2S/c1-11-8-13(10-14-9-11)16-19(17,18)7-5-12-4-2-3-6-15-12/h8-10,12,15-16H,2-7H2,1H3. The molecule has 2 N–H and O–H groups in total. The molecule has 0 aliphatic carbocycles. The van der Waals surface area contributed by atoms with E-state index in [4.69, 9.17) is 0 Å². The van der Waals surface area contributed by atoms with Crippen LogP contribution in [-0.2, 0) is 10.0 Å². The van der Waals surface area contributed by atoms with E-state index in [1.165, 1.54) is 19.0 Å². The number of nitrogens with zero attached hydrogens (tertiary/aromatic N) is 1. The van der Waals surface area contributed by atoms with Crippen molar-refractivity contribution >= 4 is 15.7 Å². The number of aromatic nitrogens is 1. The quantitative estimate of drug-likeness (QED) is 0.862. The van der Waals surface area contributed by atoms with Gasteiger partial charge in [0.25, 0.3) is 0 Å². The van der Waals surface area contributed by atoms with Crippen LogP contribution >= 0.6 is 0 Å². The van der Waals surface area contributed by atoms with Gasteiger partial charge in [-0.25, -0.2) is 8.42 Å². The number of anilines is 1. The van der Waals surface area contributed by atoms with Crippen molar-refractivity contribution in [3.63, 3.8) is 0 Å². The van der Waals surface area contributed by atoms with Gasteiger partial charge in [-0.15, -0.1) is 0 Å². The Hall–Kier alpha value is -1.14. The van der Waals surface area contributed by atoms with Crippen LogP contribution in [0.4, 0.5) is 5.69 Å². The van der Waals surface area contributed by atoms with E-state index in [-0.39, 0.29) is 5.75 Å². The number of piperidine rings is 1. The van der Waals surface area contributed by atoms with Crippen LogP contribution in [-0.4, -0.2) is 31.7 Å². The summed E-state index contributed by atoms with van der Waals surface area (Å²) in [4.78, 5) is 3.98. The average molecular weight is 283 g/mol. The Kier molecular flexibility index (Phi) is 4.76.